The van der Waals surface area contributed by atoms with Crippen molar-refractivity contribution in [2.75, 3.05) is 13.7 Å². The number of rotatable bonds is 5. The van der Waals surface area contributed by atoms with Gasteiger partial charge in [-0.1, -0.05) is 18.2 Å². The van der Waals surface area contributed by atoms with Crippen LogP contribution < -0.4 is 4.74 Å². The molecule has 3 aromatic heterocycles. The van der Waals surface area contributed by atoms with Crippen molar-refractivity contribution in [3.05, 3.63) is 54.5 Å². The minimum absolute atomic E-state index is 0.143. The van der Waals surface area contributed by atoms with Crippen molar-refractivity contribution in [3.8, 4) is 28.3 Å². The second kappa shape index (κ2) is 7.74. The van der Waals surface area contributed by atoms with Crippen molar-refractivity contribution in [1.82, 2.24) is 25.0 Å². The van der Waals surface area contributed by atoms with Gasteiger partial charge in [0.1, 0.15) is 0 Å². The van der Waals surface area contributed by atoms with Crippen LogP contribution in [0.5, 0.6) is 5.88 Å². The zero-order valence-corrected chi connectivity index (χ0v) is 18.0. The van der Waals surface area contributed by atoms with Gasteiger partial charge in [0.05, 0.1) is 36.7 Å². The number of aryl methyl sites for hydroxylation is 1. The molecule has 158 valence electrons. The van der Waals surface area contributed by atoms with Gasteiger partial charge in [-0.3, -0.25) is 9.67 Å². The Bertz CT molecular complexity index is 1240. The number of fused-ring (bicyclic) bond motifs is 1. The van der Waals surface area contributed by atoms with Crippen LogP contribution in [0.1, 0.15) is 25.5 Å². The molecule has 1 saturated heterocycles. The number of pyridine rings is 1. The molecule has 0 N–H and O–H groups in total. The number of ether oxygens (including phenoxy) is 2. The summed E-state index contributed by atoms with van der Waals surface area (Å²) in [6.45, 7) is 5.73. The standard InChI is InChI=1S/C24H25N5O2/c1-16-5-8-20(19-13-25-29(14-19)15-24(2)9-4-10-31-24)23(26-16)18-7-6-17-12-22(30-3)28-27-21(17)11-18/h5-8,11-14H,4,9-10,15H2,1-3H3. The van der Waals surface area contributed by atoms with Crippen LogP contribution >= 0.6 is 0 Å². The van der Waals surface area contributed by atoms with Crippen LogP contribution in [-0.2, 0) is 11.3 Å². The first-order chi connectivity index (χ1) is 15.0. The summed E-state index contributed by atoms with van der Waals surface area (Å²) in [6, 6.07) is 12.1. The minimum Gasteiger partial charge on any atom is -0.480 e. The van der Waals surface area contributed by atoms with Gasteiger partial charge in [0.2, 0.25) is 5.88 Å². The first-order valence-corrected chi connectivity index (χ1v) is 10.5. The lowest BCUT2D eigenvalue weighted by Gasteiger charge is -2.22. The Morgan fingerprint density at radius 1 is 1.13 bits per heavy atom. The maximum atomic E-state index is 5.93. The van der Waals surface area contributed by atoms with Gasteiger partial charge in [0.25, 0.3) is 0 Å². The van der Waals surface area contributed by atoms with Crippen molar-refractivity contribution < 1.29 is 9.47 Å². The summed E-state index contributed by atoms with van der Waals surface area (Å²) in [5.74, 6) is 0.502. The first kappa shape index (κ1) is 19.6. The summed E-state index contributed by atoms with van der Waals surface area (Å²) < 4.78 is 13.1. The quantitative estimate of drug-likeness (QED) is 0.480. The molecule has 5 rings (SSSR count). The van der Waals surface area contributed by atoms with Crippen molar-refractivity contribution in [2.45, 2.75) is 38.8 Å². The summed E-state index contributed by atoms with van der Waals surface area (Å²) in [4.78, 5) is 4.85. The first-order valence-electron chi connectivity index (χ1n) is 10.5. The maximum absolute atomic E-state index is 5.93. The largest absolute Gasteiger partial charge is 0.480 e. The topological polar surface area (TPSA) is 75.0 Å². The van der Waals surface area contributed by atoms with E-state index in [1.165, 1.54) is 0 Å². The molecule has 1 unspecified atom stereocenters. The molecule has 1 aliphatic heterocycles. The predicted molar refractivity (Wildman–Crippen MR) is 119 cm³/mol. The predicted octanol–water partition coefficient (Wildman–Crippen LogP) is 4.44. The van der Waals surface area contributed by atoms with Gasteiger partial charge < -0.3 is 9.47 Å². The number of hydrogen-bond donors (Lipinski definition) is 0. The van der Waals surface area contributed by atoms with Crippen molar-refractivity contribution in [2.24, 2.45) is 0 Å². The lowest BCUT2D eigenvalue weighted by atomic mass is 10.00. The molecule has 1 aromatic carbocycles. The van der Waals surface area contributed by atoms with Gasteiger partial charge in [-0.2, -0.15) is 5.10 Å². The van der Waals surface area contributed by atoms with Gasteiger partial charge in [-0.15, -0.1) is 10.2 Å². The normalized spacial score (nSPS) is 18.5. The van der Waals surface area contributed by atoms with Gasteiger partial charge >= 0.3 is 0 Å². The Labute approximate surface area is 181 Å². The molecule has 31 heavy (non-hydrogen) atoms. The van der Waals surface area contributed by atoms with E-state index in [4.69, 9.17) is 14.5 Å². The van der Waals surface area contributed by atoms with E-state index in [0.717, 1.165) is 65.0 Å². The number of benzene rings is 1. The third-order valence-electron chi connectivity index (χ3n) is 5.82. The summed E-state index contributed by atoms with van der Waals surface area (Å²) in [6.07, 6.45) is 6.14. The fraction of sp³-hybridized carbons (Fsp3) is 0.333. The molecule has 0 aliphatic carbocycles. The molecule has 0 spiro atoms. The average Bonchev–Trinajstić information content (AvgIpc) is 3.42. The molecule has 7 heteroatoms. The maximum Gasteiger partial charge on any atom is 0.233 e. The monoisotopic (exact) mass is 415 g/mol. The van der Waals surface area contributed by atoms with Gasteiger partial charge in [0, 0.05) is 46.6 Å². The second-order valence-electron chi connectivity index (χ2n) is 8.34. The molecule has 4 aromatic rings. The van der Waals surface area contributed by atoms with E-state index in [1.807, 2.05) is 42.1 Å². The Balaban J connectivity index is 1.53. The highest BCUT2D eigenvalue weighted by Crippen LogP contribution is 2.33. The van der Waals surface area contributed by atoms with E-state index in [1.54, 1.807) is 7.11 Å². The van der Waals surface area contributed by atoms with Crippen molar-refractivity contribution in [1.29, 1.82) is 0 Å². The fourth-order valence-corrected chi connectivity index (χ4v) is 4.17. The fourth-order valence-electron chi connectivity index (χ4n) is 4.17. The molecule has 1 fully saturated rings. The van der Waals surface area contributed by atoms with E-state index in [2.05, 4.69) is 40.5 Å². The summed E-state index contributed by atoms with van der Waals surface area (Å²) in [5, 5.41) is 14.0. The molecular weight excluding hydrogens is 390 g/mol. The van der Waals surface area contributed by atoms with E-state index >= 15 is 0 Å². The Morgan fingerprint density at radius 2 is 2.03 bits per heavy atom. The lowest BCUT2D eigenvalue weighted by Crippen LogP contribution is -2.29. The van der Waals surface area contributed by atoms with Crippen LogP contribution in [0.3, 0.4) is 0 Å². The smallest absolute Gasteiger partial charge is 0.233 e. The van der Waals surface area contributed by atoms with Crippen LogP contribution in [0.15, 0.2) is 48.8 Å². The average molecular weight is 415 g/mol. The van der Waals surface area contributed by atoms with Gasteiger partial charge in [-0.25, -0.2) is 0 Å². The number of methoxy groups -OCH3 is 1. The van der Waals surface area contributed by atoms with E-state index in [0.29, 0.717) is 5.88 Å². The zero-order valence-electron chi connectivity index (χ0n) is 18.0. The van der Waals surface area contributed by atoms with E-state index in [-0.39, 0.29) is 5.60 Å². The highest BCUT2D eigenvalue weighted by molar-refractivity contribution is 5.88. The van der Waals surface area contributed by atoms with Crippen LogP contribution in [-0.4, -0.2) is 44.3 Å². The van der Waals surface area contributed by atoms with Gasteiger partial charge in [0.15, 0.2) is 0 Å². The molecule has 0 bridgehead atoms. The molecule has 0 saturated carbocycles. The minimum atomic E-state index is -0.143. The van der Waals surface area contributed by atoms with Crippen molar-refractivity contribution in [3.63, 3.8) is 0 Å². The highest BCUT2D eigenvalue weighted by Gasteiger charge is 2.30. The third-order valence-corrected chi connectivity index (χ3v) is 5.82. The molecule has 0 amide bonds. The molecule has 4 heterocycles. The molecule has 0 radical (unpaired) electrons. The van der Waals surface area contributed by atoms with Crippen molar-refractivity contribution >= 4 is 10.9 Å². The third kappa shape index (κ3) is 3.88. The highest BCUT2D eigenvalue weighted by atomic mass is 16.5. The summed E-state index contributed by atoms with van der Waals surface area (Å²) >= 11 is 0. The second-order valence-corrected chi connectivity index (χ2v) is 8.34. The summed E-state index contributed by atoms with van der Waals surface area (Å²) in [7, 11) is 1.59. The van der Waals surface area contributed by atoms with E-state index < -0.39 is 0 Å². The number of nitrogens with zero attached hydrogens (tertiary/aromatic N) is 5. The van der Waals surface area contributed by atoms with E-state index in [9.17, 15) is 0 Å². The van der Waals surface area contributed by atoms with Crippen LogP contribution in [0, 0.1) is 6.92 Å². The molecule has 1 atom stereocenters. The molecule has 7 nitrogen and oxygen atoms in total. The molecular formula is C24H25N5O2. The van der Waals surface area contributed by atoms with Crippen LogP contribution in [0.2, 0.25) is 0 Å². The summed E-state index contributed by atoms with van der Waals surface area (Å²) in [5.41, 5.74) is 5.58. The van der Waals surface area contributed by atoms with Gasteiger partial charge in [-0.05, 0) is 38.8 Å². The Hall–Kier alpha value is -3.32. The lowest BCUT2D eigenvalue weighted by molar-refractivity contribution is 0.00359. The molecule has 1 aliphatic rings. The van der Waals surface area contributed by atoms with Crippen LogP contribution in [0.4, 0.5) is 0 Å². The van der Waals surface area contributed by atoms with Crippen LogP contribution in [0.25, 0.3) is 33.3 Å². The number of hydrogen-bond acceptors (Lipinski definition) is 6. The number of aromatic nitrogens is 5. The Kier molecular flexibility index (Phi) is 4.90. The Morgan fingerprint density at radius 3 is 2.84 bits per heavy atom. The SMILES string of the molecule is COc1cc2ccc(-c3nc(C)ccc3-c3cnn(CC4(C)CCCO4)c3)cc2nn1. The zero-order chi connectivity index (χ0) is 21.4.